The Bertz CT molecular complexity index is 695. The van der Waals surface area contributed by atoms with Crippen LogP contribution < -0.4 is 4.90 Å². The van der Waals surface area contributed by atoms with Crippen LogP contribution in [-0.4, -0.2) is 30.3 Å². The Labute approximate surface area is 127 Å². The Morgan fingerprint density at radius 1 is 1.23 bits per heavy atom. The maximum absolute atomic E-state index is 13.0. The number of anilines is 1. The van der Waals surface area contributed by atoms with Crippen LogP contribution in [-0.2, 0) is 4.74 Å². The number of rotatable bonds is 2. The minimum Gasteiger partial charge on any atom is -0.419 e. The van der Waals surface area contributed by atoms with E-state index < -0.39 is 0 Å². The van der Waals surface area contributed by atoms with Gasteiger partial charge >= 0.3 is 0 Å². The number of ether oxygens (including phenoxy) is 1. The zero-order valence-electron chi connectivity index (χ0n) is 12.4. The van der Waals surface area contributed by atoms with Crippen LogP contribution in [0, 0.1) is 17.1 Å². The zero-order valence-corrected chi connectivity index (χ0v) is 12.4. The van der Waals surface area contributed by atoms with Crippen LogP contribution in [0.1, 0.15) is 19.5 Å². The zero-order chi connectivity index (χ0) is 15.7. The smallest absolute Gasteiger partial charge is 0.235 e. The van der Waals surface area contributed by atoms with Crippen molar-refractivity contribution in [3.63, 3.8) is 0 Å². The van der Waals surface area contributed by atoms with Gasteiger partial charge in [-0.05, 0) is 38.1 Å². The number of nitriles is 1. The summed E-state index contributed by atoms with van der Waals surface area (Å²) < 4.78 is 24.5. The molecule has 6 heteroatoms. The van der Waals surface area contributed by atoms with Crippen LogP contribution in [0.25, 0.3) is 11.5 Å². The molecule has 0 radical (unpaired) electrons. The van der Waals surface area contributed by atoms with Crippen molar-refractivity contribution >= 4 is 5.88 Å². The molecular weight excluding hydrogens is 285 g/mol. The van der Waals surface area contributed by atoms with Crippen molar-refractivity contribution in [1.29, 1.82) is 5.26 Å². The largest absolute Gasteiger partial charge is 0.419 e. The summed E-state index contributed by atoms with van der Waals surface area (Å²) in [6.45, 7) is 5.23. The number of hydrogen-bond acceptors (Lipinski definition) is 5. The normalized spacial score (nSPS) is 21.6. The van der Waals surface area contributed by atoms with Crippen molar-refractivity contribution in [3.05, 3.63) is 35.8 Å². The van der Waals surface area contributed by atoms with Gasteiger partial charge in [-0.15, -0.1) is 0 Å². The summed E-state index contributed by atoms with van der Waals surface area (Å²) in [4.78, 5) is 6.19. The van der Waals surface area contributed by atoms with Gasteiger partial charge in [-0.25, -0.2) is 4.39 Å². The molecule has 1 aromatic carbocycles. The van der Waals surface area contributed by atoms with Gasteiger partial charge in [0.15, 0.2) is 0 Å². The van der Waals surface area contributed by atoms with E-state index in [4.69, 9.17) is 9.15 Å². The van der Waals surface area contributed by atoms with Gasteiger partial charge in [0.2, 0.25) is 17.5 Å². The highest BCUT2D eigenvalue weighted by Crippen LogP contribution is 2.30. The van der Waals surface area contributed by atoms with E-state index in [0.29, 0.717) is 30.4 Å². The van der Waals surface area contributed by atoms with Gasteiger partial charge in [0.05, 0.1) is 12.2 Å². The molecular formula is C16H16FN3O2. The number of halogens is 1. The van der Waals surface area contributed by atoms with Gasteiger partial charge in [0, 0.05) is 18.7 Å². The highest BCUT2D eigenvalue weighted by Gasteiger charge is 2.28. The highest BCUT2D eigenvalue weighted by atomic mass is 19.1. The Kier molecular flexibility index (Phi) is 3.82. The van der Waals surface area contributed by atoms with Gasteiger partial charge < -0.3 is 14.1 Å². The van der Waals surface area contributed by atoms with Crippen molar-refractivity contribution in [1.82, 2.24) is 4.98 Å². The molecule has 114 valence electrons. The molecule has 1 aromatic heterocycles. The van der Waals surface area contributed by atoms with E-state index in [1.165, 1.54) is 12.1 Å². The van der Waals surface area contributed by atoms with E-state index in [-0.39, 0.29) is 23.7 Å². The molecule has 1 aliphatic heterocycles. The lowest BCUT2D eigenvalue weighted by Crippen LogP contribution is -2.45. The fourth-order valence-electron chi connectivity index (χ4n) is 2.66. The molecule has 0 bridgehead atoms. The second-order valence-corrected chi connectivity index (χ2v) is 5.45. The molecule has 1 aliphatic rings. The Hall–Kier alpha value is -2.39. The van der Waals surface area contributed by atoms with E-state index in [1.807, 2.05) is 18.7 Å². The third-order valence-corrected chi connectivity index (χ3v) is 3.51. The van der Waals surface area contributed by atoms with Crippen molar-refractivity contribution < 1.29 is 13.5 Å². The SMILES string of the molecule is C[C@H]1CN(c2oc(-c3ccc(F)cc3)nc2C#N)C[C@H](C)O1. The second kappa shape index (κ2) is 5.78. The van der Waals surface area contributed by atoms with Crippen LogP contribution in [0.15, 0.2) is 28.7 Å². The van der Waals surface area contributed by atoms with E-state index >= 15 is 0 Å². The van der Waals surface area contributed by atoms with E-state index in [9.17, 15) is 9.65 Å². The molecule has 0 saturated carbocycles. The molecule has 5 nitrogen and oxygen atoms in total. The number of aromatic nitrogens is 1. The lowest BCUT2D eigenvalue weighted by atomic mass is 10.2. The summed E-state index contributed by atoms with van der Waals surface area (Å²) in [6.07, 6.45) is 0.101. The van der Waals surface area contributed by atoms with Crippen LogP contribution in [0.2, 0.25) is 0 Å². The number of nitrogens with zero attached hydrogens (tertiary/aromatic N) is 3. The topological polar surface area (TPSA) is 62.3 Å². The van der Waals surface area contributed by atoms with Crippen LogP contribution in [0.3, 0.4) is 0 Å². The first-order chi connectivity index (χ1) is 10.6. The van der Waals surface area contributed by atoms with Gasteiger partial charge in [0.25, 0.3) is 0 Å². The summed E-state index contributed by atoms with van der Waals surface area (Å²) in [7, 11) is 0. The monoisotopic (exact) mass is 301 g/mol. The molecule has 2 atom stereocenters. The van der Waals surface area contributed by atoms with Crippen LogP contribution in [0.5, 0.6) is 0 Å². The first-order valence-electron chi connectivity index (χ1n) is 7.14. The van der Waals surface area contributed by atoms with E-state index in [1.54, 1.807) is 12.1 Å². The summed E-state index contributed by atoms with van der Waals surface area (Å²) in [5.74, 6) is 0.439. The molecule has 0 amide bonds. The molecule has 1 fully saturated rings. The number of morpholine rings is 1. The predicted molar refractivity (Wildman–Crippen MR) is 78.8 cm³/mol. The van der Waals surface area contributed by atoms with Gasteiger partial charge in [-0.2, -0.15) is 10.2 Å². The molecule has 0 N–H and O–H groups in total. The third kappa shape index (κ3) is 2.81. The van der Waals surface area contributed by atoms with E-state index in [0.717, 1.165) is 0 Å². The van der Waals surface area contributed by atoms with Crippen molar-refractivity contribution in [2.45, 2.75) is 26.1 Å². The van der Waals surface area contributed by atoms with Crippen molar-refractivity contribution in [2.24, 2.45) is 0 Å². The van der Waals surface area contributed by atoms with Crippen molar-refractivity contribution in [3.8, 4) is 17.5 Å². The Balaban J connectivity index is 1.95. The highest BCUT2D eigenvalue weighted by molar-refractivity contribution is 5.59. The van der Waals surface area contributed by atoms with Gasteiger partial charge in [-0.3, -0.25) is 0 Å². The number of oxazole rings is 1. The maximum Gasteiger partial charge on any atom is 0.235 e. The fourth-order valence-corrected chi connectivity index (χ4v) is 2.66. The molecule has 0 spiro atoms. The molecule has 2 heterocycles. The molecule has 0 aliphatic carbocycles. The summed E-state index contributed by atoms with van der Waals surface area (Å²) in [6, 6.07) is 7.90. The minimum absolute atomic E-state index is 0.0506. The summed E-state index contributed by atoms with van der Waals surface area (Å²) in [5, 5.41) is 9.29. The van der Waals surface area contributed by atoms with Gasteiger partial charge in [-0.1, -0.05) is 0 Å². The standard InChI is InChI=1S/C16H16FN3O2/c1-10-8-20(9-11(2)21-10)16-14(7-18)19-15(22-16)12-3-5-13(17)6-4-12/h3-6,10-11H,8-9H2,1-2H3/t10-,11-/m0/s1. The minimum atomic E-state index is -0.327. The Morgan fingerprint density at radius 3 is 2.45 bits per heavy atom. The quantitative estimate of drug-likeness (QED) is 0.853. The molecule has 0 unspecified atom stereocenters. The first-order valence-corrected chi connectivity index (χ1v) is 7.14. The lowest BCUT2D eigenvalue weighted by Gasteiger charge is -2.34. The summed E-state index contributed by atoms with van der Waals surface area (Å²) >= 11 is 0. The van der Waals surface area contributed by atoms with Crippen LogP contribution >= 0.6 is 0 Å². The number of benzene rings is 1. The lowest BCUT2D eigenvalue weighted by molar-refractivity contribution is -0.00638. The van der Waals surface area contributed by atoms with Crippen LogP contribution in [0.4, 0.5) is 10.3 Å². The Morgan fingerprint density at radius 2 is 1.86 bits per heavy atom. The average Bonchev–Trinajstić information content (AvgIpc) is 2.91. The molecule has 2 aromatic rings. The number of hydrogen-bond donors (Lipinski definition) is 0. The molecule has 1 saturated heterocycles. The first kappa shape index (κ1) is 14.5. The maximum atomic E-state index is 13.0. The van der Waals surface area contributed by atoms with Gasteiger partial charge in [0.1, 0.15) is 11.9 Å². The van der Waals surface area contributed by atoms with Crippen molar-refractivity contribution in [2.75, 3.05) is 18.0 Å². The van der Waals surface area contributed by atoms with E-state index in [2.05, 4.69) is 11.1 Å². The molecule has 3 rings (SSSR count). The predicted octanol–water partition coefficient (Wildman–Crippen LogP) is 2.97. The molecule has 22 heavy (non-hydrogen) atoms. The fraction of sp³-hybridized carbons (Fsp3) is 0.375. The third-order valence-electron chi connectivity index (χ3n) is 3.51. The average molecular weight is 301 g/mol. The second-order valence-electron chi connectivity index (χ2n) is 5.45. The summed E-state index contributed by atoms with van der Waals surface area (Å²) in [5.41, 5.74) is 0.874.